The first kappa shape index (κ1) is 22.1. The molecule has 0 fully saturated rings. The summed E-state index contributed by atoms with van der Waals surface area (Å²) in [7, 11) is 0. The lowest BCUT2D eigenvalue weighted by atomic mass is 10.2. The number of nitrogens with one attached hydrogen (secondary N) is 1. The van der Waals surface area contributed by atoms with Crippen LogP contribution >= 0.6 is 0 Å². The number of hydrogen-bond acceptors (Lipinski definition) is 6. The highest BCUT2D eigenvalue weighted by molar-refractivity contribution is 5.75. The van der Waals surface area contributed by atoms with Crippen molar-refractivity contribution in [2.45, 2.75) is 32.4 Å². The summed E-state index contributed by atoms with van der Waals surface area (Å²) < 4.78 is 24.0. The van der Waals surface area contributed by atoms with Crippen molar-refractivity contribution in [1.29, 1.82) is 0 Å². The van der Waals surface area contributed by atoms with Crippen LogP contribution in [0.25, 0.3) is 11.4 Å². The lowest BCUT2D eigenvalue weighted by Crippen LogP contribution is -2.22. The van der Waals surface area contributed by atoms with Gasteiger partial charge >= 0.3 is 0 Å². The summed E-state index contributed by atoms with van der Waals surface area (Å²) in [5, 5.41) is 6.81. The lowest BCUT2D eigenvalue weighted by Gasteiger charge is -2.08. The molecular formula is C25H23FN4O3. The molecule has 0 unspecified atom stereocenters. The van der Waals surface area contributed by atoms with E-state index in [1.807, 2.05) is 36.4 Å². The molecule has 33 heavy (non-hydrogen) atoms. The Hall–Kier alpha value is -4.07. The Morgan fingerprint density at radius 3 is 2.61 bits per heavy atom. The minimum Gasteiger partial charge on any atom is -0.489 e. The van der Waals surface area contributed by atoms with E-state index in [0.29, 0.717) is 49.7 Å². The number of pyridine rings is 1. The maximum atomic E-state index is 13.0. The molecule has 2 aromatic carbocycles. The molecule has 0 bridgehead atoms. The van der Waals surface area contributed by atoms with Crippen LogP contribution in [0.4, 0.5) is 4.39 Å². The average Bonchev–Trinajstić information content (AvgIpc) is 3.32. The smallest absolute Gasteiger partial charge is 0.226 e. The van der Waals surface area contributed by atoms with Gasteiger partial charge in [-0.2, -0.15) is 4.98 Å². The molecule has 0 saturated carbocycles. The van der Waals surface area contributed by atoms with Crippen LogP contribution in [0.2, 0.25) is 0 Å². The van der Waals surface area contributed by atoms with Crippen LogP contribution in [-0.4, -0.2) is 21.0 Å². The molecular weight excluding hydrogens is 423 g/mol. The predicted octanol–water partition coefficient (Wildman–Crippen LogP) is 4.49. The van der Waals surface area contributed by atoms with Crippen molar-refractivity contribution < 1.29 is 18.4 Å². The molecule has 8 heteroatoms. The molecule has 4 rings (SSSR count). The maximum absolute atomic E-state index is 13.0. The third-order valence-corrected chi connectivity index (χ3v) is 4.91. The van der Waals surface area contributed by atoms with Crippen molar-refractivity contribution in [3.05, 3.63) is 95.9 Å². The van der Waals surface area contributed by atoms with E-state index in [-0.39, 0.29) is 11.7 Å². The van der Waals surface area contributed by atoms with Crippen molar-refractivity contribution >= 4 is 5.91 Å². The van der Waals surface area contributed by atoms with Crippen molar-refractivity contribution in [3.8, 4) is 17.1 Å². The highest BCUT2D eigenvalue weighted by atomic mass is 19.1. The first-order chi connectivity index (χ1) is 16.2. The van der Waals surface area contributed by atoms with Gasteiger partial charge in [0.05, 0.1) is 0 Å². The third-order valence-electron chi connectivity index (χ3n) is 4.91. The number of carbonyl (C=O) groups excluding carboxylic acids is 1. The summed E-state index contributed by atoms with van der Waals surface area (Å²) in [6.07, 6.45) is 4.92. The van der Waals surface area contributed by atoms with Gasteiger partial charge in [-0.3, -0.25) is 9.78 Å². The van der Waals surface area contributed by atoms with Crippen molar-refractivity contribution in [3.63, 3.8) is 0 Å². The van der Waals surface area contributed by atoms with Crippen LogP contribution in [0.15, 0.2) is 77.6 Å². The molecule has 0 radical (unpaired) electrons. The zero-order chi connectivity index (χ0) is 22.9. The number of carbonyl (C=O) groups is 1. The van der Waals surface area contributed by atoms with Gasteiger partial charge in [0, 0.05) is 42.9 Å². The summed E-state index contributed by atoms with van der Waals surface area (Å²) in [4.78, 5) is 20.5. The second-order valence-corrected chi connectivity index (χ2v) is 7.44. The van der Waals surface area contributed by atoms with Crippen LogP contribution in [0.1, 0.15) is 29.9 Å². The van der Waals surface area contributed by atoms with Crippen LogP contribution < -0.4 is 10.1 Å². The van der Waals surface area contributed by atoms with Crippen LogP contribution in [0.3, 0.4) is 0 Å². The van der Waals surface area contributed by atoms with Crippen LogP contribution in [0.5, 0.6) is 5.75 Å². The minimum atomic E-state index is -0.321. The summed E-state index contributed by atoms with van der Waals surface area (Å²) in [5.41, 5.74) is 2.66. The number of amides is 1. The Balaban J connectivity index is 1.16. The largest absolute Gasteiger partial charge is 0.489 e. The van der Waals surface area contributed by atoms with Crippen LogP contribution in [-0.2, 0) is 24.4 Å². The molecule has 0 aliphatic rings. The second-order valence-electron chi connectivity index (χ2n) is 7.44. The average molecular weight is 446 g/mol. The molecule has 2 aromatic heterocycles. The van der Waals surface area contributed by atoms with Gasteiger partial charge in [-0.05, 0) is 54.4 Å². The molecule has 0 aliphatic heterocycles. The molecule has 168 valence electrons. The van der Waals surface area contributed by atoms with Gasteiger partial charge in [-0.15, -0.1) is 0 Å². The molecule has 1 N–H and O–H groups in total. The van der Waals surface area contributed by atoms with E-state index in [1.54, 1.807) is 24.5 Å². The van der Waals surface area contributed by atoms with E-state index in [0.717, 1.165) is 16.9 Å². The van der Waals surface area contributed by atoms with E-state index >= 15 is 0 Å². The van der Waals surface area contributed by atoms with Gasteiger partial charge in [0.1, 0.15) is 18.2 Å². The topological polar surface area (TPSA) is 90.1 Å². The zero-order valence-corrected chi connectivity index (χ0v) is 17.9. The normalized spacial score (nSPS) is 10.7. The molecule has 4 aromatic rings. The molecule has 7 nitrogen and oxygen atoms in total. The molecule has 0 spiro atoms. The van der Waals surface area contributed by atoms with Crippen molar-refractivity contribution in [1.82, 2.24) is 20.4 Å². The monoisotopic (exact) mass is 446 g/mol. The summed E-state index contributed by atoms with van der Waals surface area (Å²) in [6.45, 7) is 0.895. The summed E-state index contributed by atoms with van der Waals surface area (Å²) in [5.74, 6) is 1.24. The van der Waals surface area contributed by atoms with E-state index in [9.17, 15) is 9.18 Å². The molecule has 2 heterocycles. The Bertz CT molecular complexity index is 1160. The van der Waals surface area contributed by atoms with Gasteiger partial charge in [0.15, 0.2) is 0 Å². The minimum absolute atomic E-state index is 0.0508. The van der Waals surface area contributed by atoms with Crippen LogP contribution in [0, 0.1) is 5.82 Å². The number of rotatable bonds is 10. The standard InChI is InChI=1S/C25H23FN4O3/c26-21-10-8-20(9-11-21)25-29-24(33-30-25)5-1-4-23(31)28-16-18-6-12-22(13-7-18)32-17-19-3-2-14-27-15-19/h2-3,6-15H,1,4-5,16-17H2,(H,28,31). The van der Waals surface area contributed by atoms with E-state index in [4.69, 9.17) is 9.26 Å². The number of aryl methyl sites for hydroxylation is 1. The Labute approximate surface area is 190 Å². The molecule has 0 saturated heterocycles. The summed E-state index contributed by atoms with van der Waals surface area (Å²) in [6, 6.07) is 17.3. The quantitative estimate of drug-likeness (QED) is 0.386. The SMILES string of the molecule is O=C(CCCc1nc(-c2ccc(F)cc2)no1)NCc1ccc(OCc2cccnc2)cc1. The van der Waals surface area contributed by atoms with E-state index in [1.165, 1.54) is 12.1 Å². The number of halogens is 1. The highest BCUT2D eigenvalue weighted by Crippen LogP contribution is 2.17. The van der Waals surface area contributed by atoms with Gasteiger partial charge in [0.25, 0.3) is 0 Å². The predicted molar refractivity (Wildman–Crippen MR) is 119 cm³/mol. The van der Waals surface area contributed by atoms with Gasteiger partial charge in [-0.25, -0.2) is 4.39 Å². The number of nitrogens with zero attached hydrogens (tertiary/aromatic N) is 3. The van der Waals surface area contributed by atoms with Crippen molar-refractivity contribution in [2.24, 2.45) is 0 Å². The fourth-order valence-electron chi connectivity index (χ4n) is 3.12. The van der Waals surface area contributed by atoms with Crippen molar-refractivity contribution in [2.75, 3.05) is 0 Å². The highest BCUT2D eigenvalue weighted by Gasteiger charge is 2.10. The van der Waals surface area contributed by atoms with E-state index < -0.39 is 0 Å². The fourth-order valence-corrected chi connectivity index (χ4v) is 3.12. The molecule has 0 aliphatic carbocycles. The first-order valence-electron chi connectivity index (χ1n) is 10.6. The number of benzene rings is 2. The zero-order valence-electron chi connectivity index (χ0n) is 17.9. The first-order valence-corrected chi connectivity index (χ1v) is 10.6. The number of aromatic nitrogens is 3. The van der Waals surface area contributed by atoms with E-state index in [2.05, 4.69) is 20.4 Å². The van der Waals surface area contributed by atoms with Gasteiger partial charge in [-0.1, -0.05) is 23.4 Å². The molecule has 0 atom stereocenters. The Kier molecular flexibility index (Phi) is 7.37. The maximum Gasteiger partial charge on any atom is 0.226 e. The third kappa shape index (κ3) is 6.70. The Morgan fingerprint density at radius 2 is 1.85 bits per heavy atom. The fraction of sp³-hybridized carbons (Fsp3) is 0.200. The Morgan fingerprint density at radius 1 is 1.03 bits per heavy atom. The summed E-state index contributed by atoms with van der Waals surface area (Å²) >= 11 is 0. The number of ether oxygens (including phenoxy) is 1. The van der Waals surface area contributed by atoms with Gasteiger partial charge < -0.3 is 14.6 Å². The second kappa shape index (κ2) is 11.0. The molecule has 1 amide bonds. The number of hydrogen-bond donors (Lipinski definition) is 1. The van der Waals surface area contributed by atoms with Gasteiger partial charge in [0.2, 0.25) is 17.6 Å². The lowest BCUT2D eigenvalue weighted by molar-refractivity contribution is -0.121.